The van der Waals surface area contributed by atoms with E-state index in [9.17, 15) is 0 Å². The average Bonchev–Trinajstić information content (AvgIpc) is 2.75. The van der Waals surface area contributed by atoms with Crippen LogP contribution in [0.4, 0.5) is 5.95 Å². The summed E-state index contributed by atoms with van der Waals surface area (Å²) in [4.78, 5) is 4.42. The summed E-state index contributed by atoms with van der Waals surface area (Å²) in [5, 5.41) is 3.59. The zero-order valence-electron chi connectivity index (χ0n) is 10.3. The number of nitrogens with zero attached hydrogens (tertiary/aromatic N) is 2. The van der Waals surface area contributed by atoms with E-state index in [2.05, 4.69) is 28.0 Å². The molecule has 1 aromatic heterocycles. The van der Waals surface area contributed by atoms with Crippen LogP contribution in [0.15, 0.2) is 12.4 Å². The largest absolute Gasteiger partial charge is 0.353 e. The van der Waals surface area contributed by atoms with Crippen molar-refractivity contribution >= 4 is 5.95 Å². The second kappa shape index (κ2) is 5.92. The molecule has 1 aliphatic carbocycles. The van der Waals surface area contributed by atoms with Crippen molar-refractivity contribution in [1.29, 1.82) is 0 Å². The molecular weight excluding hydrogens is 198 g/mol. The minimum absolute atomic E-state index is 0.650. The van der Waals surface area contributed by atoms with Crippen molar-refractivity contribution in [2.45, 2.75) is 64.5 Å². The highest BCUT2D eigenvalue weighted by molar-refractivity contribution is 5.27. The molecule has 2 rings (SSSR count). The van der Waals surface area contributed by atoms with E-state index in [0.717, 1.165) is 12.5 Å². The highest BCUT2D eigenvalue weighted by Gasteiger charge is 2.14. The number of hydrogen-bond acceptors (Lipinski definition) is 2. The molecule has 0 amide bonds. The minimum Gasteiger partial charge on any atom is -0.353 e. The first-order chi connectivity index (χ1) is 7.90. The first kappa shape index (κ1) is 11.5. The van der Waals surface area contributed by atoms with E-state index in [1.54, 1.807) is 0 Å². The van der Waals surface area contributed by atoms with Crippen LogP contribution in [-0.4, -0.2) is 15.6 Å². The van der Waals surface area contributed by atoms with Gasteiger partial charge in [-0.15, -0.1) is 0 Å². The molecule has 1 aromatic rings. The van der Waals surface area contributed by atoms with Gasteiger partial charge in [0, 0.05) is 25.0 Å². The van der Waals surface area contributed by atoms with Gasteiger partial charge in [-0.3, -0.25) is 0 Å². The smallest absolute Gasteiger partial charge is 0.202 e. The number of aryl methyl sites for hydroxylation is 1. The molecule has 1 saturated carbocycles. The second-order valence-electron chi connectivity index (χ2n) is 4.78. The number of hydrogen-bond donors (Lipinski definition) is 1. The number of nitrogens with one attached hydrogen (secondary N) is 1. The molecule has 0 aromatic carbocycles. The third kappa shape index (κ3) is 3.00. The Morgan fingerprint density at radius 3 is 2.94 bits per heavy atom. The Balaban J connectivity index is 1.89. The van der Waals surface area contributed by atoms with E-state index in [0.29, 0.717) is 6.04 Å². The Morgan fingerprint density at radius 2 is 2.19 bits per heavy atom. The third-order valence-corrected chi connectivity index (χ3v) is 3.41. The van der Waals surface area contributed by atoms with Gasteiger partial charge in [-0.05, 0) is 19.3 Å². The van der Waals surface area contributed by atoms with Gasteiger partial charge in [-0.25, -0.2) is 4.98 Å². The van der Waals surface area contributed by atoms with Gasteiger partial charge in [0.25, 0.3) is 0 Å². The molecule has 1 heterocycles. The Hall–Kier alpha value is -0.990. The van der Waals surface area contributed by atoms with Gasteiger partial charge < -0.3 is 9.88 Å². The topological polar surface area (TPSA) is 29.9 Å². The van der Waals surface area contributed by atoms with Gasteiger partial charge in [0.1, 0.15) is 0 Å². The Labute approximate surface area is 98.3 Å². The molecule has 0 bridgehead atoms. The van der Waals surface area contributed by atoms with Crippen LogP contribution in [0.2, 0.25) is 0 Å². The molecule has 0 spiro atoms. The van der Waals surface area contributed by atoms with Crippen molar-refractivity contribution in [1.82, 2.24) is 9.55 Å². The maximum absolute atomic E-state index is 4.42. The lowest BCUT2D eigenvalue weighted by Crippen LogP contribution is -2.24. The van der Waals surface area contributed by atoms with Crippen LogP contribution < -0.4 is 5.32 Å². The van der Waals surface area contributed by atoms with Crippen molar-refractivity contribution in [3.8, 4) is 0 Å². The van der Waals surface area contributed by atoms with E-state index in [1.807, 2.05) is 6.20 Å². The molecule has 0 atom stereocenters. The first-order valence-electron chi connectivity index (χ1n) is 6.68. The van der Waals surface area contributed by atoms with Crippen LogP contribution >= 0.6 is 0 Å². The van der Waals surface area contributed by atoms with Gasteiger partial charge in [-0.1, -0.05) is 32.6 Å². The van der Waals surface area contributed by atoms with Crippen molar-refractivity contribution < 1.29 is 0 Å². The predicted molar refractivity (Wildman–Crippen MR) is 67.6 cm³/mol. The quantitative estimate of drug-likeness (QED) is 0.825. The lowest BCUT2D eigenvalue weighted by atomic mass is 9.96. The van der Waals surface area contributed by atoms with Gasteiger partial charge >= 0.3 is 0 Å². The van der Waals surface area contributed by atoms with Crippen LogP contribution in [0.3, 0.4) is 0 Å². The first-order valence-corrected chi connectivity index (χ1v) is 6.68. The Morgan fingerprint density at radius 1 is 1.38 bits per heavy atom. The lowest BCUT2D eigenvalue weighted by Gasteiger charge is -2.23. The summed E-state index contributed by atoms with van der Waals surface area (Å²) < 4.78 is 2.25. The molecule has 16 heavy (non-hydrogen) atoms. The molecule has 0 unspecified atom stereocenters. The lowest BCUT2D eigenvalue weighted by molar-refractivity contribution is 0.458. The van der Waals surface area contributed by atoms with Crippen LogP contribution in [-0.2, 0) is 6.54 Å². The Bertz CT molecular complexity index is 300. The summed E-state index contributed by atoms with van der Waals surface area (Å²) in [6, 6.07) is 0.650. The number of imidazole rings is 1. The molecule has 0 aliphatic heterocycles. The fourth-order valence-electron chi connectivity index (χ4n) is 2.39. The van der Waals surface area contributed by atoms with E-state index in [1.165, 1.54) is 44.9 Å². The van der Waals surface area contributed by atoms with Gasteiger partial charge in [0.15, 0.2) is 0 Å². The second-order valence-corrected chi connectivity index (χ2v) is 4.78. The molecule has 3 nitrogen and oxygen atoms in total. The third-order valence-electron chi connectivity index (χ3n) is 3.41. The standard InChI is InChI=1S/C13H23N3/c1-2-3-10-16-11-9-14-13(16)15-12-7-5-4-6-8-12/h9,11-12H,2-8,10H2,1H3,(H,14,15). The van der Waals surface area contributed by atoms with Crippen LogP contribution in [0, 0.1) is 0 Å². The maximum atomic E-state index is 4.42. The van der Waals surface area contributed by atoms with E-state index in [-0.39, 0.29) is 0 Å². The van der Waals surface area contributed by atoms with Gasteiger partial charge in [-0.2, -0.15) is 0 Å². The molecule has 1 fully saturated rings. The fourth-order valence-corrected chi connectivity index (χ4v) is 2.39. The summed E-state index contributed by atoms with van der Waals surface area (Å²) in [5.74, 6) is 1.07. The predicted octanol–water partition coefficient (Wildman–Crippen LogP) is 3.43. The number of anilines is 1. The molecule has 0 radical (unpaired) electrons. The normalized spacial score (nSPS) is 17.6. The highest BCUT2D eigenvalue weighted by atomic mass is 15.2. The number of rotatable bonds is 5. The van der Waals surface area contributed by atoms with Crippen LogP contribution in [0.5, 0.6) is 0 Å². The van der Waals surface area contributed by atoms with Crippen LogP contribution in [0.1, 0.15) is 51.9 Å². The summed E-state index contributed by atoms with van der Waals surface area (Å²) in [5.41, 5.74) is 0. The minimum atomic E-state index is 0.650. The molecule has 3 heteroatoms. The summed E-state index contributed by atoms with van der Waals surface area (Å²) in [7, 11) is 0. The van der Waals surface area contributed by atoms with E-state index < -0.39 is 0 Å². The molecule has 0 saturated heterocycles. The Kier molecular flexibility index (Phi) is 4.25. The van der Waals surface area contributed by atoms with Crippen molar-refractivity contribution in [3.63, 3.8) is 0 Å². The van der Waals surface area contributed by atoms with Crippen molar-refractivity contribution in [3.05, 3.63) is 12.4 Å². The van der Waals surface area contributed by atoms with Gasteiger partial charge in [0.05, 0.1) is 0 Å². The zero-order chi connectivity index (χ0) is 11.2. The average molecular weight is 221 g/mol. The summed E-state index contributed by atoms with van der Waals surface area (Å²) in [6.45, 7) is 3.32. The molecule has 1 N–H and O–H groups in total. The van der Waals surface area contributed by atoms with Crippen molar-refractivity contribution in [2.75, 3.05) is 5.32 Å². The maximum Gasteiger partial charge on any atom is 0.202 e. The summed E-state index contributed by atoms with van der Waals surface area (Å²) >= 11 is 0. The van der Waals surface area contributed by atoms with E-state index in [4.69, 9.17) is 0 Å². The summed E-state index contributed by atoms with van der Waals surface area (Å²) in [6.07, 6.45) is 13.2. The highest BCUT2D eigenvalue weighted by Crippen LogP contribution is 2.21. The molecular formula is C13H23N3. The number of unbranched alkanes of at least 4 members (excludes halogenated alkanes) is 1. The molecule has 1 aliphatic rings. The van der Waals surface area contributed by atoms with Gasteiger partial charge in [0.2, 0.25) is 5.95 Å². The van der Waals surface area contributed by atoms with Crippen molar-refractivity contribution in [2.24, 2.45) is 0 Å². The SMILES string of the molecule is CCCCn1ccnc1NC1CCCCC1. The fraction of sp³-hybridized carbons (Fsp3) is 0.769. The van der Waals surface area contributed by atoms with E-state index >= 15 is 0 Å². The molecule has 90 valence electrons. The monoisotopic (exact) mass is 221 g/mol. The zero-order valence-corrected chi connectivity index (χ0v) is 10.3. The van der Waals surface area contributed by atoms with Crippen LogP contribution in [0.25, 0.3) is 0 Å². The number of aromatic nitrogens is 2.